The van der Waals surface area contributed by atoms with Crippen LogP contribution in [0.4, 0.5) is 0 Å². The van der Waals surface area contributed by atoms with Gasteiger partial charge >= 0.3 is 0 Å². The van der Waals surface area contributed by atoms with Gasteiger partial charge in [0.2, 0.25) is 0 Å². The standard InChI is InChI=1S/C30H54N6O2/c1-21(35-29(23(3)37)14-7-9-16-33-25(5)31)18-27-12-11-13-28(20-27)19-22(2)36-30(24(4)38)15-8-10-17-34-26(6)32/h27-30,37H,3,7-20H2,1-2,4-6H3,(H2,31,33)(H2,32,34). The molecule has 5 N–H and O–H groups in total. The highest BCUT2D eigenvalue weighted by Crippen LogP contribution is 2.34. The molecule has 0 aromatic rings. The van der Waals surface area contributed by atoms with E-state index in [2.05, 4.69) is 30.4 Å². The zero-order valence-electron chi connectivity index (χ0n) is 24.7. The Labute approximate surface area is 231 Å². The Balaban J connectivity index is 2.59. The van der Waals surface area contributed by atoms with Crippen molar-refractivity contribution in [2.75, 3.05) is 13.1 Å². The summed E-state index contributed by atoms with van der Waals surface area (Å²) in [6.07, 6.45) is 11.9. The van der Waals surface area contributed by atoms with Gasteiger partial charge in [-0.1, -0.05) is 25.8 Å². The molecule has 1 rings (SSSR count). The molecule has 0 radical (unpaired) electrons. The van der Waals surface area contributed by atoms with E-state index in [1.54, 1.807) is 20.8 Å². The summed E-state index contributed by atoms with van der Waals surface area (Å²) >= 11 is 0. The van der Waals surface area contributed by atoms with Crippen molar-refractivity contribution in [3.05, 3.63) is 12.3 Å². The lowest BCUT2D eigenvalue weighted by molar-refractivity contribution is -0.118. The number of aliphatic hydroxyl groups excluding tert-OH is 1. The lowest BCUT2D eigenvalue weighted by Crippen LogP contribution is -2.22. The number of carbonyl (C=O) groups is 1. The summed E-state index contributed by atoms with van der Waals surface area (Å²) < 4.78 is 0. The van der Waals surface area contributed by atoms with Gasteiger partial charge in [-0.05, 0) is 104 Å². The molecule has 4 unspecified atom stereocenters. The maximum absolute atomic E-state index is 12.2. The molecule has 1 aliphatic carbocycles. The van der Waals surface area contributed by atoms with E-state index in [1.807, 2.05) is 0 Å². The number of hydrogen-bond donors (Lipinski definition) is 3. The normalized spacial score (nSPS) is 21.3. The van der Waals surface area contributed by atoms with E-state index in [-0.39, 0.29) is 23.6 Å². The van der Waals surface area contributed by atoms with Crippen LogP contribution in [-0.4, -0.2) is 59.2 Å². The first-order chi connectivity index (χ1) is 18.0. The van der Waals surface area contributed by atoms with E-state index < -0.39 is 0 Å². The third-order valence-electron chi connectivity index (χ3n) is 7.16. The SMILES string of the molecule is C=C(O)C(CCCCN=C(C)N)N=C(C)CC1CCCC(CC(C)=NC(CCCCN=C(C)N)C(C)=O)C1. The van der Waals surface area contributed by atoms with Crippen LogP contribution in [0.3, 0.4) is 0 Å². The molecule has 216 valence electrons. The van der Waals surface area contributed by atoms with Gasteiger partial charge in [0, 0.05) is 24.5 Å². The molecule has 0 saturated heterocycles. The van der Waals surface area contributed by atoms with E-state index in [4.69, 9.17) is 21.5 Å². The fraction of sp³-hybridized carbons (Fsp3) is 0.767. The molecule has 0 heterocycles. The zero-order valence-corrected chi connectivity index (χ0v) is 24.7. The molecular formula is C30H54N6O2. The third-order valence-corrected chi connectivity index (χ3v) is 7.16. The van der Waals surface area contributed by atoms with Crippen molar-refractivity contribution < 1.29 is 9.90 Å². The number of nitrogens with two attached hydrogens (primary N) is 2. The summed E-state index contributed by atoms with van der Waals surface area (Å²) in [5.41, 5.74) is 13.3. The van der Waals surface area contributed by atoms with Crippen LogP contribution in [0.2, 0.25) is 0 Å². The van der Waals surface area contributed by atoms with Gasteiger partial charge in [0.25, 0.3) is 0 Å². The van der Waals surface area contributed by atoms with E-state index in [9.17, 15) is 9.90 Å². The summed E-state index contributed by atoms with van der Waals surface area (Å²) in [4.78, 5) is 30.3. The molecule has 0 aromatic heterocycles. The fourth-order valence-corrected chi connectivity index (χ4v) is 5.32. The number of amidine groups is 2. The minimum Gasteiger partial charge on any atom is -0.511 e. The first-order valence-corrected chi connectivity index (χ1v) is 14.5. The second kappa shape index (κ2) is 18.7. The number of ketones is 1. The average molecular weight is 531 g/mol. The second-order valence-corrected chi connectivity index (χ2v) is 11.2. The monoisotopic (exact) mass is 530 g/mol. The quantitative estimate of drug-likeness (QED) is 0.0867. The number of aliphatic imine (C=N–C) groups is 4. The Morgan fingerprint density at radius 3 is 1.68 bits per heavy atom. The Hall–Kier alpha value is -2.51. The van der Waals surface area contributed by atoms with Gasteiger partial charge in [0.1, 0.15) is 17.8 Å². The summed E-state index contributed by atoms with van der Waals surface area (Å²) in [6.45, 7) is 14.5. The number of rotatable bonds is 18. The highest BCUT2D eigenvalue weighted by Gasteiger charge is 2.24. The van der Waals surface area contributed by atoms with Crippen molar-refractivity contribution in [2.24, 2.45) is 43.3 Å². The van der Waals surface area contributed by atoms with Crippen molar-refractivity contribution in [3.63, 3.8) is 0 Å². The highest BCUT2D eigenvalue weighted by atomic mass is 16.3. The van der Waals surface area contributed by atoms with Crippen LogP contribution in [0.5, 0.6) is 0 Å². The number of unbranched alkanes of at least 4 members (excludes halogenated alkanes) is 2. The molecule has 0 bridgehead atoms. The Bertz CT molecular complexity index is 785. The molecule has 1 aliphatic rings. The minimum atomic E-state index is -0.249. The lowest BCUT2D eigenvalue weighted by Gasteiger charge is -2.29. The summed E-state index contributed by atoms with van der Waals surface area (Å²) in [6, 6.07) is -0.497. The second-order valence-electron chi connectivity index (χ2n) is 11.2. The van der Waals surface area contributed by atoms with E-state index in [0.29, 0.717) is 36.6 Å². The zero-order chi connectivity index (χ0) is 28.5. The largest absolute Gasteiger partial charge is 0.511 e. The van der Waals surface area contributed by atoms with Crippen LogP contribution in [0.25, 0.3) is 0 Å². The van der Waals surface area contributed by atoms with Crippen molar-refractivity contribution in [3.8, 4) is 0 Å². The van der Waals surface area contributed by atoms with Crippen molar-refractivity contribution in [2.45, 2.75) is 124 Å². The summed E-state index contributed by atoms with van der Waals surface area (Å²) in [5.74, 6) is 2.67. The highest BCUT2D eigenvalue weighted by molar-refractivity contribution is 5.88. The molecule has 1 fully saturated rings. The van der Waals surface area contributed by atoms with E-state index in [0.717, 1.165) is 69.2 Å². The van der Waals surface area contributed by atoms with E-state index >= 15 is 0 Å². The van der Waals surface area contributed by atoms with Crippen molar-refractivity contribution >= 4 is 28.9 Å². The van der Waals surface area contributed by atoms with Crippen LogP contribution in [0, 0.1) is 11.8 Å². The van der Waals surface area contributed by atoms with Gasteiger partial charge in [-0.15, -0.1) is 0 Å². The van der Waals surface area contributed by atoms with Gasteiger partial charge in [0.05, 0.1) is 11.7 Å². The maximum atomic E-state index is 12.2. The number of aliphatic hydroxyl groups is 1. The lowest BCUT2D eigenvalue weighted by atomic mass is 9.77. The molecule has 0 amide bonds. The topological polar surface area (TPSA) is 139 Å². The third kappa shape index (κ3) is 15.7. The van der Waals surface area contributed by atoms with Gasteiger partial charge < -0.3 is 16.6 Å². The van der Waals surface area contributed by atoms with Gasteiger partial charge in [-0.25, -0.2) is 0 Å². The molecule has 8 nitrogen and oxygen atoms in total. The number of Topliss-reactive ketones (excluding diaryl/α,β-unsaturated/α-hetero) is 1. The predicted octanol–water partition coefficient (Wildman–Crippen LogP) is 5.99. The van der Waals surface area contributed by atoms with Gasteiger partial charge in [-0.3, -0.25) is 24.8 Å². The molecule has 38 heavy (non-hydrogen) atoms. The van der Waals surface area contributed by atoms with Gasteiger partial charge in [-0.2, -0.15) is 0 Å². The summed E-state index contributed by atoms with van der Waals surface area (Å²) in [5, 5.41) is 10.1. The Morgan fingerprint density at radius 2 is 1.26 bits per heavy atom. The first-order valence-electron chi connectivity index (χ1n) is 14.5. The molecule has 0 spiro atoms. The maximum Gasteiger partial charge on any atom is 0.154 e. The van der Waals surface area contributed by atoms with E-state index in [1.165, 1.54) is 19.3 Å². The van der Waals surface area contributed by atoms with Crippen LogP contribution < -0.4 is 11.5 Å². The summed E-state index contributed by atoms with van der Waals surface area (Å²) in [7, 11) is 0. The smallest absolute Gasteiger partial charge is 0.154 e. The fourth-order valence-electron chi connectivity index (χ4n) is 5.32. The molecule has 0 aliphatic heterocycles. The average Bonchev–Trinajstić information content (AvgIpc) is 2.81. The van der Waals surface area contributed by atoms with Crippen LogP contribution in [0.1, 0.15) is 112 Å². The number of carbonyl (C=O) groups excluding carboxylic acids is 1. The molecule has 0 aromatic carbocycles. The van der Waals surface area contributed by atoms with Crippen LogP contribution in [0.15, 0.2) is 32.3 Å². The predicted molar refractivity (Wildman–Crippen MR) is 163 cm³/mol. The molecule has 1 saturated carbocycles. The van der Waals surface area contributed by atoms with Crippen molar-refractivity contribution in [1.29, 1.82) is 0 Å². The van der Waals surface area contributed by atoms with Crippen molar-refractivity contribution in [1.82, 2.24) is 0 Å². The van der Waals surface area contributed by atoms with Crippen LogP contribution >= 0.6 is 0 Å². The first kappa shape index (κ1) is 33.5. The number of hydrogen-bond acceptors (Lipinski definition) is 6. The Morgan fingerprint density at radius 1 is 0.816 bits per heavy atom. The molecular weight excluding hydrogens is 476 g/mol. The molecule has 8 heteroatoms. The number of nitrogens with zero attached hydrogens (tertiary/aromatic N) is 4. The molecule has 4 atom stereocenters. The minimum absolute atomic E-state index is 0.137. The van der Waals surface area contributed by atoms with Crippen LogP contribution in [-0.2, 0) is 4.79 Å². The van der Waals surface area contributed by atoms with Gasteiger partial charge in [0.15, 0.2) is 5.78 Å². The Kier molecular flexibility index (Phi) is 16.5.